The van der Waals surface area contributed by atoms with Crippen molar-refractivity contribution in [2.45, 2.75) is 38.0 Å². The highest BCUT2D eigenvalue weighted by Gasteiger charge is 2.31. The maximum Gasteiger partial charge on any atom is 0.157 e. The van der Waals surface area contributed by atoms with Crippen molar-refractivity contribution < 1.29 is 13.2 Å². The molecule has 0 bridgehead atoms. The summed E-state index contributed by atoms with van der Waals surface area (Å²) in [6, 6.07) is 8.99. The molecule has 0 aromatic heterocycles. The number of Topliss-reactive ketones (excluding diaryl/α,β-unsaturated/α-hetero) is 1. The van der Waals surface area contributed by atoms with Crippen molar-refractivity contribution in [1.29, 1.82) is 0 Å². The van der Waals surface area contributed by atoms with Crippen LogP contribution in [0.15, 0.2) is 30.3 Å². The molecule has 0 fully saturated rings. The largest absolute Gasteiger partial charge is 0.315 e. The maximum atomic E-state index is 12.1. The first-order valence-electron chi connectivity index (χ1n) is 6.27. The minimum Gasteiger partial charge on any atom is -0.315 e. The average molecular weight is 283 g/mol. The van der Waals surface area contributed by atoms with Crippen LogP contribution in [-0.2, 0) is 20.2 Å². The molecular formula is C14H21NO3S. The monoisotopic (exact) mass is 283 g/mol. The number of carbonyl (C=O) groups excluding carboxylic acids is 1. The summed E-state index contributed by atoms with van der Waals surface area (Å²) in [6.07, 6.45) is -0.0532. The molecule has 0 heterocycles. The van der Waals surface area contributed by atoms with Crippen molar-refractivity contribution in [2.75, 3.05) is 5.75 Å². The van der Waals surface area contributed by atoms with Crippen LogP contribution >= 0.6 is 0 Å². The topological polar surface area (TPSA) is 77.2 Å². The van der Waals surface area contributed by atoms with Gasteiger partial charge in [-0.1, -0.05) is 30.3 Å². The van der Waals surface area contributed by atoms with Crippen molar-refractivity contribution in [1.82, 2.24) is 0 Å². The first-order chi connectivity index (χ1) is 8.68. The van der Waals surface area contributed by atoms with Crippen molar-refractivity contribution >= 4 is 15.6 Å². The van der Waals surface area contributed by atoms with E-state index >= 15 is 0 Å². The summed E-state index contributed by atoms with van der Waals surface area (Å²) in [4.78, 5) is 12.1. The number of hydrogen-bond donors (Lipinski definition) is 1. The van der Waals surface area contributed by atoms with Crippen molar-refractivity contribution in [3.63, 3.8) is 0 Å². The summed E-state index contributed by atoms with van der Waals surface area (Å²) in [7, 11) is -3.21. The first-order valence-corrected chi connectivity index (χ1v) is 7.98. The van der Waals surface area contributed by atoms with Crippen molar-refractivity contribution in [3.05, 3.63) is 35.9 Å². The Morgan fingerprint density at radius 2 is 1.79 bits per heavy atom. The fourth-order valence-electron chi connectivity index (χ4n) is 1.68. The Balaban J connectivity index is 2.79. The number of carbonyl (C=O) groups is 1. The maximum absolute atomic E-state index is 12.1. The number of ketones is 1. The van der Waals surface area contributed by atoms with Gasteiger partial charge in [-0.2, -0.15) is 0 Å². The molecule has 2 N–H and O–H groups in total. The van der Waals surface area contributed by atoms with Crippen LogP contribution in [0, 0.1) is 0 Å². The van der Waals surface area contributed by atoms with Gasteiger partial charge in [0.2, 0.25) is 0 Å². The van der Waals surface area contributed by atoms with E-state index in [1.807, 2.05) is 6.07 Å². The van der Waals surface area contributed by atoms with E-state index in [0.29, 0.717) is 5.56 Å². The second kappa shape index (κ2) is 5.84. The SMILES string of the molecule is CC(C)S(=O)(=O)CCC(=O)C(C)(N)c1ccccc1. The molecule has 0 saturated heterocycles. The van der Waals surface area contributed by atoms with E-state index in [2.05, 4.69) is 0 Å². The number of nitrogens with two attached hydrogens (primary N) is 1. The van der Waals surface area contributed by atoms with Crippen molar-refractivity contribution in [2.24, 2.45) is 5.73 Å². The minimum absolute atomic E-state index is 0.0532. The molecule has 0 aliphatic heterocycles. The second-order valence-electron chi connectivity index (χ2n) is 5.16. The molecule has 0 radical (unpaired) electrons. The molecule has 0 amide bonds. The van der Waals surface area contributed by atoms with Crippen molar-refractivity contribution in [3.8, 4) is 0 Å². The van der Waals surface area contributed by atoms with Gasteiger partial charge in [-0.3, -0.25) is 4.79 Å². The minimum atomic E-state index is -3.21. The zero-order valence-electron chi connectivity index (χ0n) is 11.6. The van der Waals surface area contributed by atoms with E-state index in [0.717, 1.165) is 0 Å². The predicted molar refractivity (Wildman–Crippen MR) is 76.5 cm³/mol. The van der Waals surface area contributed by atoms with Gasteiger partial charge in [-0.25, -0.2) is 8.42 Å². The van der Waals surface area contributed by atoms with E-state index in [1.54, 1.807) is 45.0 Å². The Hall–Kier alpha value is -1.20. The fourth-order valence-corrected chi connectivity index (χ4v) is 2.62. The smallest absolute Gasteiger partial charge is 0.157 e. The number of rotatable bonds is 6. The normalized spacial score (nSPS) is 15.2. The van der Waals surface area contributed by atoms with Crippen LogP contribution in [0.3, 0.4) is 0 Å². The van der Waals surface area contributed by atoms with E-state index in [-0.39, 0.29) is 18.0 Å². The van der Waals surface area contributed by atoms with Crippen LogP contribution in [0.25, 0.3) is 0 Å². The molecule has 0 aliphatic rings. The molecule has 19 heavy (non-hydrogen) atoms. The van der Waals surface area contributed by atoms with E-state index < -0.39 is 20.6 Å². The van der Waals surface area contributed by atoms with Gasteiger partial charge in [0.1, 0.15) is 0 Å². The molecule has 1 unspecified atom stereocenters. The lowest BCUT2D eigenvalue weighted by atomic mass is 9.87. The zero-order valence-corrected chi connectivity index (χ0v) is 12.4. The summed E-state index contributed by atoms with van der Waals surface area (Å²) in [5.41, 5.74) is 5.59. The lowest BCUT2D eigenvalue weighted by Crippen LogP contribution is -2.42. The highest BCUT2D eigenvalue weighted by molar-refractivity contribution is 7.91. The Kier molecular flexibility index (Phi) is 4.87. The third-order valence-corrected chi connectivity index (χ3v) is 5.49. The Bertz CT molecular complexity index is 533. The van der Waals surface area contributed by atoms with E-state index in [9.17, 15) is 13.2 Å². The van der Waals surface area contributed by atoms with Gasteiger partial charge < -0.3 is 5.73 Å². The number of benzene rings is 1. The molecular weight excluding hydrogens is 262 g/mol. The van der Waals surface area contributed by atoms with Crippen LogP contribution in [-0.4, -0.2) is 25.2 Å². The average Bonchev–Trinajstić information content (AvgIpc) is 2.36. The van der Waals surface area contributed by atoms with E-state index in [4.69, 9.17) is 5.73 Å². The summed E-state index contributed by atoms with van der Waals surface area (Å²) < 4.78 is 23.4. The molecule has 1 aromatic carbocycles. The Morgan fingerprint density at radius 1 is 1.26 bits per heavy atom. The first kappa shape index (κ1) is 15.9. The van der Waals surface area contributed by atoms with E-state index in [1.165, 1.54) is 0 Å². The van der Waals surface area contributed by atoms with Crippen LogP contribution in [0.1, 0.15) is 32.8 Å². The highest BCUT2D eigenvalue weighted by Crippen LogP contribution is 2.20. The molecule has 0 aliphatic carbocycles. The van der Waals surface area contributed by atoms with Crippen LogP contribution in [0.2, 0.25) is 0 Å². The summed E-state index contributed by atoms with van der Waals surface area (Å²) in [5.74, 6) is -0.411. The van der Waals surface area contributed by atoms with Crippen LogP contribution < -0.4 is 5.73 Å². The predicted octanol–water partition coefficient (Wildman–Crippen LogP) is 1.64. The molecule has 5 heteroatoms. The number of sulfone groups is 1. The Labute approximate surface area is 114 Å². The van der Waals surface area contributed by atoms with Gasteiger partial charge in [0.05, 0.1) is 16.5 Å². The molecule has 4 nitrogen and oxygen atoms in total. The van der Waals surface area contributed by atoms with Gasteiger partial charge >= 0.3 is 0 Å². The lowest BCUT2D eigenvalue weighted by molar-refractivity contribution is -0.123. The van der Waals surface area contributed by atoms with Gasteiger partial charge in [0, 0.05) is 6.42 Å². The van der Waals surface area contributed by atoms with Gasteiger partial charge in [-0.15, -0.1) is 0 Å². The third kappa shape index (κ3) is 3.88. The number of hydrogen-bond acceptors (Lipinski definition) is 4. The molecule has 0 saturated carbocycles. The highest BCUT2D eigenvalue weighted by atomic mass is 32.2. The van der Waals surface area contributed by atoms with Gasteiger partial charge in [0.15, 0.2) is 15.6 Å². The van der Waals surface area contributed by atoms with Gasteiger partial charge in [-0.05, 0) is 26.3 Å². The summed E-state index contributed by atoms with van der Waals surface area (Å²) in [5, 5.41) is -0.471. The molecule has 1 atom stereocenters. The zero-order chi connectivity index (χ0) is 14.7. The molecule has 106 valence electrons. The molecule has 0 spiro atoms. The van der Waals surface area contributed by atoms with Gasteiger partial charge in [0.25, 0.3) is 0 Å². The standard InChI is InChI=1S/C14H21NO3S/c1-11(2)19(17,18)10-9-13(16)14(3,15)12-7-5-4-6-8-12/h4-8,11H,9-10,15H2,1-3H3. The summed E-state index contributed by atoms with van der Waals surface area (Å²) in [6.45, 7) is 4.84. The molecule has 1 rings (SSSR count). The van der Waals surface area contributed by atoms with Crippen LogP contribution in [0.4, 0.5) is 0 Å². The third-order valence-electron chi connectivity index (χ3n) is 3.28. The fraction of sp³-hybridized carbons (Fsp3) is 0.500. The lowest BCUT2D eigenvalue weighted by Gasteiger charge is -2.23. The molecule has 1 aromatic rings. The van der Waals surface area contributed by atoms with Crippen LogP contribution in [0.5, 0.6) is 0 Å². The quantitative estimate of drug-likeness (QED) is 0.861. The summed E-state index contributed by atoms with van der Waals surface area (Å²) >= 11 is 0. The second-order valence-corrected chi connectivity index (χ2v) is 7.83. The Morgan fingerprint density at radius 3 is 2.26 bits per heavy atom.